The smallest absolute Gasteiger partial charge is 0.303 e. The maximum Gasteiger partial charge on any atom is 0.303 e. The second kappa shape index (κ2) is 8.24. The van der Waals surface area contributed by atoms with Crippen molar-refractivity contribution >= 4 is 47.1 Å². The van der Waals surface area contributed by atoms with Crippen LogP contribution in [0.15, 0.2) is 0 Å². The number of carbonyl (C=O) groups excluding carboxylic acids is 1. The molecule has 15 heavy (non-hydrogen) atoms. The number of rotatable bonds is 6. The molecule has 0 aromatic heterocycles. The van der Waals surface area contributed by atoms with Gasteiger partial charge in [0.05, 0.1) is 0 Å². The first-order chi connectivity index (χ1) is 7.02. The van der Waals surface area contributed by atoms with Gasteiger partial charge in [0.25, 0.3) is 0 Å². The summed E-state index contributed by atoms with van der Waals surface area (Å²) in [5.74, 6) is 1.59. The van der Waals surface area contributed by atoms with E-state index in [1.165, 1.54) is 6.92 Å². The Balaban J connectivity index is 4.27. The third kappa shape index (κ3) is 6.27. The molecule has 0 saturated carbocycles. The van der Waals surface area contributed by atoms with Gasteiger partial charge < -0.3 is 4.74 Å². The zero-order valence-corrected chi connectivity index (χ0v) is 11.9. The Kier molecular flexibility index (Phi) is 8.27. The molecule has 88 valence electrons. The lowest BCUT2D eigenvalue weighted by molar-refractivity contribution is -0.142. The first-order valence-electron chi connectivity index (χ1n) is 4.79. The molecule has 0 heterocycles. The summed E-state index contributed by atoms with van der Waals surface area (Å²) >= 11 is 8.51. The Morgan fingerprint density at radius 3 is 2.20 bits per heavy atom. The molecule has 0 N–H and O–H groups in total. The summed E-state index contributed by atoms with van der Waals surface area (Å²) in [6.07, 6.45) is -0.337. The Hall–Kier alpha value is 0.0600. The van der Waals surface area contributed by atoms with E-state index in [0.29, 0.717) is 4.99 Å². The quantitative estimate of drug-likeness (QED) is 0.418. The van der Waals surface area contributed by atoms with Crippen molar-refractivity contribution in [3.05, 3.63) is 0 Å². The van der Waals surface area contributed by atoms with Crippen molar-refractivity contribution in [2.45, 2.75) is 33.8 Å². The van der Waals surface area contributed by atoms with Crippen LogP contribution in [-0.2, 0) is 9.53 Å². The van der Waals surface area contributed by atoms with Gasteiger partial charge in [0, 0.05) is 18.4 Å². The van der Waals surface area contributed by atoms with E-state index in [4.69, 9.17) is 17.0 Å². The SMILES string of the molecule is CCSN(SCC)C(=S)C(C)OC(C)=O. The molecule has 6 heteroatoms. The molecule has 0 saturated heterocycles. The van der Waals surface area contributed by atoms with E-state index < -0.39 is 0 Å². The first kappa shape index (κ1) is 15.1. The van der Waals surface area contributed by atoms with Crippen LogP contribution >= 0.6 is 36.1 Å². The molecule has 0 radical (unpaired) electrons. The molecule has 0 fully saturated rings. The number of ether oxygens (including phenoxy) is 1. The molecule has 0 aliphatic rings. The van der Waals surface area contributed by atoms with Crippen molar-refractivity contribution in [1.29, 1.82) is 0 Å². The maximum atomic E-state index is 10.8. The topological polar surface area (TPSA) is 29.5 Å². The van der Waals surface area contributed by atoms with Gasteiger partial charge in [-0.1, -0.05) is 26.1 Å². The van der Waals surface area contributed by atoms with Gasteiger partial charge in [0.2, 0.25) is 0 Å². The minimum Gasteiger partial charge on any atom is -0.455 e. The van der Waals surface area contributed by atoms with Gasteiger partial charge in [-0.25, -0.2) is 3.71 Å². The number of esters is 1. The molecule has 1 atom stereocenters. The van der Waals surface area contributed by atoms with Crippen molar-refractivity contribution < 1.29 is 9.53 Å². The van der Waals surface area contributed by atoms with E-state index >= 15 is 0 Å². The number of hydrogen-bond acceptors (Lipinski definition) is 5. The molecule has 0 aliphatic heterocycles. The van der Waals surface area contributed by atoms with Crippen LogP contribution in [0.3, 0.4) is 0 Å². The third-order valence-electron chi connectivity index (χ3n) is 1.36. The third-order valence-corrected chi connectivity index (χ3v) is 4.12. The molecular formula is C9H17NO2S3. The normalized spacial score (nSPS) is 12.0. The van der Waals surface area contributed by atoms with Gasteiger partial charge in [-0.3, -0.25) is 4.79 Å². The van der Waals surface area contributed by atoms with E-state index in [0.717, 1.165) is 11.5 Å². The van der Waals surface area contributed by atoms with E-state index in [2.05, 4.69) is 13.8 Å². The second-order valence-corrected chi connectivity index (χ2v) is 5.73. The molecule has 0 bridgehead atoms. The highest BCUT2D eigenvalue weighted by atomic mass is 32.2. The van der Waals surface area contributed by atoms with E-state index in [1.807, 2.05) is 3.71 Å². The summed E-state index contributed by atoms with van der Waals surface area (Å²) in [4.78, 5) is 11.4. The molecule has 0 spiro atoms. The Labute approximate surface area is 106 Å². The van der Waals surface area contributed by atoms with Crippen molar-refractivity contribution in [2.75, 3.05) is 11.5 Å². The summed E-state index contributed by atoms with van der Waals surface area (Å²) in [6, 6.07) is 0. The van der Waals surface area contributed by atoms with E-state index in [1.54, 1.807) is 30.8 Å². The van der Waals surface area contributed by atoms with Crippen molar-refractivity contribution in [3.8, 4) is 0 Å². The van der Waals surface area contributed by atoms with Gasteiger partial charge in [-0.15, -0.1) is 0 Å². The minimum atomic E-state index is -0.337. The number of hydrogen-bond donors (Lipinski definition) is 0. The van der Waals surface area contributed by atoms with Crippen molar-refractivity contribution in [3.63, 3.8) is 0 Å². The summed E-state index contributed by atoms with van der Waals surface area (Å²) in [7, 11) is 0. The highest BCUT2D eigenvalue weighted by molar-refractivity contribution is 8.13. The lowest BCUT2D eigenvalue weighted by atomic mass is 10.4. The minimum absolute atomic E-state index is 0.298. The predicted molar refractivity (Wildman–Crippen MR) is 71.9 cm³/mol. The average molecular weight is 267 g/mol. The highest BCUT2D eigenvalue weighted by Gasteiger charge is 2.19. The summed E-state index contributed by atoms with van der Waals surface area (Å²) in [6.45, 7) is 7.31. The zero-order valence-electron chi connectivity index (χ0n) is 9.48. The molecule has 0 aromatic rings. The van der Waals surface area contributed by atoms with Crippen LogP contribution in [0.4, 0.5) is 0 Å². The van der Waals surface area contributed by atoms with E-state index in [-0.39, 0.29) is 12.1 Å². The Morgan fingerprint density at radius 2 is 1.87 bits per heavy atom. The molecule has 0 aliphatic carbocycles. The summed E-state index contributed by atoms with van der Waals surface area (Å²) in [5.41, 5.74) is 0. The number of carbonyl (C=O) groups is 1. The molecule has 0 amide bonds. The lowest BCUT2D eigenvalue weighted by Gasteiger charge is -2.24. The van der Waals surface area contributed by atoms with E-state index in [9.17, 15) is 4.79 Å². The van der Waals surface area contributed by atoms with Crippen LogP contribution < -0.4 is 0 Å². The second-order valence-electron chi connectivity index (χ2n) is 2.68. The Morgan fingerprint density at radius 1 is 1.40 bits per heavy atom. The monoisotopic (exact) mass is 267 g/mol. The largest absolute Gasteiger partial charge is 0.455 e. The fourth-order valence-corrected chi connectivity index (χ4v) is 3.16. The van der Waals surface area contributed by atoms with Gasteiger partial charge in [0.15, 0.2) is 6.10 Å². The van der Waals surface area contributed by atoms with Crippen LogP contribution in [-0.4, -0.2) is 32.3 Å². The molecule has 3 nitrogen and oxygen atoms in total. The summed E-state index contributed by atoms with van der Waals surface area (Å²) < 4.78 is 6.98. The van der Waals surface area contributed by atoms with Crippen LogP contribution in [0.25, 0.3) is 0 Å². The average Bonchev–Trinajstić information content (AvgIpc) is 2.15. The fourth-order valence-electron chi connectivity index (χ4n) is 0.847. The van der Waals surface area contributed by atoms with Gasteiger partial charge in [0.1, 0.15) is 4.99 Å². The van der Waals surface area contributed by atoms with Gasteiger partial charge in [-0.2, -0.15) is 0 Å². The zero-order chi connectivity index (χ0) is 11.8. The van der Waals surface area contributed by atoms with Crippen molar-refractivity contribution in [2.24, 2.45) is 0 Å². The number of nitrogens with zero attached hydrogens (tertiary/aromatic N) is 1. The van der Waals surface area contributed by atoms with Crippen LogP contribution in [0.1, 0.15) is 27.7 Å². The first-order valence-corrected chi connectivity index (χ1v) is 7.09. The maximum absolute atomic E-state index is 10.8. The lowest BCUT2D eigenvalue weighted by Crippen LogP contribution is -2.30. The standard InChI is InChI=1S/C9H17NO2S3/c1-5-14-10(15-6-2)9(13)7(3)12-8(4)11/h7H,5-6H2,1-4H3. The van der Waals surface area contributed by atoms with Gasteiger partial charge in [-0.05, 0) is 30.8 Å². The fraction of sp³-hybridized carbons (Fsp3) is 0.778. The Bertz CT molecular complexity index is 217. The van der Waals surface area contributed by atoms with Crippen LogP contribution in [0, 0.1) is 0 Å². The highest BCUT2D eigenvalue weighted by Crippen LogP contribution is 2.24. The van der Waals surface area contributed by atoms with Gasteiger partial charge >= 0.3 is 5.97 Å². The summed E-state index contributed by atoms with van der Waals surface area (Å²) in [5, 5.41) is 0. The molecule has 0 rings (SSSR count). The molecule has 1 unspecified atom stereocenters. The molecular weight excluding hydrogens is 250 g/mol. The molecule has 0 aromatic carbocycles. The van der Waals surface area contributed by atoms with Crippen molar-refractivity contribution in [1.82, 2.24) is 3.71 Å². The van der Waals surface area contributed by atoms with Crippen LogP contribution in [0.5, 0.6) is 0 Å². The van der Waals surface area contributed by atoms with Crippen LogP contribution in [0.2, 0.25) is 0 Å². The predicted octanol–water partition coefficient (Wildman–Crippen LogP) is 2.90. The number of thiocarbonyl (C=S) groups is 1.